The minimum atomic E-state index is -3.32. The molecule has 1 rings (SSSR count). The van der Waals surface area contributed by atoms with Crippen LogP contribution in [0.25, 0.3) is 0 Å². The van der Waals surface area contributed by atoms with Gasteiger partial charge in [-0.2, -0.15) is 0 Å². The number of ether oxygens (including phenoxy) is 2. The van der Waals surface area contributed by atoms with Gasteiger partial charge in [-0.05, 0) is 27.2 Å². The van der Waals surface area contributed by atoms with E-state index in [0.717, 1.165) is 0 Å². The van der Waals surface area contributed by atoms with Crippen molar-refractivity contribution in [2.75, 3.05) is 45.6 Å². The highest BCUT2D eigenvalue weighted by Crippen LogP contribution is 2.13. The minimum Gasteiger partial charge on any atom is -0.444 e. The van der Waals surface area contributed by atoms with E-state index in [1.54, 1.807) is 4.90 Å². The van der Waals surface area contributed by atoms with E-state index in [4.69, 9.17) is 9.47 Å². The molecule has 0 spiro atoms. The predicted octanol–water partition coefficient (Wildman–Crippen LogP) is 0.905. The largest absolute Gasteiger partial charge is 0.444 e. The summed E-state index contributed by atoms with van der Waals surface area (Å²) in [6.45, 7) is 7.18. The summed E-state index contributed by atoms with van der Waals surface area (Å²) in [6, 6.07) is 0. The van der Waals surface area contributed by atoms with Crippen molar-refractivity contribution in [3.63, 3.8) is 0 Å². The third-order valence-electron chi connectivity index (χ3n) is 3.05. The minimum absolute atomic E-state index is 0.0318. The first-order valence-corrected chi connectivity index (χ1v) is 8.71. The first kappa shape index (κ1) is 18.2. The van der Waals surface area contributed by atoms with Crippen LogP contribution in [0.3, 0.4) is 0 Å². The Morgan fingerprint density at radius 2 is 1.81 bits per heavy atom. The van der Waals surface area contributed by atoms with Gasteiger partial charge in [0, 0.05) is 33.3 Å². The van der Waals surface area contributed by atoms with E-state index in [1.807, 2.05) is 20.8 Å². The number of hydrogen-bond donors (Lipinski definition) is 0. The molecule has 0 N–H and O–H groups in total. The van der Waals surface area contributed by atoms with Crippen molar-refractivity contribution < 1.29 is 22.7 Å². The zero-order valence-corrected chi connectivity index (χ0v) is 14.1. The quantitative estimate of drug-likeness (QED) is 0.769. The first-order valence-electron chi connectivity index (χ1n) is 7.10. The number of hydrogen-bond acceptors (Lipinski definition) is 5. The lowest BCUT2D eigenvalue weighted by Gasteiger charge is -2.26. The molecule has 0 bridgehead atoms. The van der Waals surface area contributed by atoms with Crippen LogP contribution >= 0.6 is 0 Å². The van der Waals surface area contributed by atoms with Crippen molar-refractivity contribution in [3.8, 4) is 0 Å². The van der Waals surface area contributed by atoms with Crippen molar-refractivity contribution >= 4 is 16.1 Å². The van der Waals surface area contributed by atoms with Gasteiger partial charge in [0.25, 0.3) is 0 Å². The Hall–Kier alpha value is -0.860. The number of rotatable bonds is 4. The van der Waals surface area contributed by atoms with Crippen LogP contribution in [0, 0.1) is 0 Å². The highest BCUT2D eigenvalue weighted by molar-refractivity contribution is 7.89. The maximum absolute atomic E-state index is 12.1. The van der Waals surface area contributed by atoms with Crippen molar-refractivity contribution in [1.29, 1.82) is 0 Å². The van der Waals surface area contributed by atoms with Crippen LogP contribution in [-0.2, 0) is 19.5 Å². The molecule has 0 unspecified atom stereocenters. The third kappa shape index (κ3) is 6.19. The molecule has 0 aromatic carbocycles. The molecule has 21 heavy (non-hydrogen) atoms. The Kier molecular flexibility index (Phi) is 6.42. The molecular formula is C13H26N2O5S. The number of sulfonamides is 1. The highest BCUT2D eigenvalue weighted by atomic mass is 32.2. The van der Waals surface area contributed by atoms with Crippen LogP contribution in [0.4, 0.5) is 4.79 Å². The highest BCUT2D eigenvalue weighted by Gasteiger charge is 2.28. The van der Waals surface area contributed by atoms with Crippen LogP contribution in [0.2, 0.25) is 0 Å². The lowest BCUT2D eigenvalue weighted by atomic mass is 10.2. The van der Waals surface area contributed by atoms with E-state index in [0.29, 0.717) is 32.6 Å². The van der Waals surface area contributed by atoms with Gasteiger partial charge < -0.3 is 14.4 Å². The number of carbonyl (C=O) groups excluding carboxylic acids is 1. The van der Waals surface area contributed by atoms with E-state index in [2.05, 4.69) is 0 Å². The molecule has 1 aliphatic heterocycles. The van der Waals surface area contributed by atoms with Gasteiger partial charge in [-0.3, -0.25) is 0 Å². The second-order valence-electron chi connectivity index (χ2n) is 6.03. The Balaban J connectivity index is 2.60. The Labute approximate surface area is 127 Å². The maximum atomic E-state index is 12.1. The molecule has 1 aliphatic rings. The summed E-state index contributed by atoms with van der Waals surface area (Å²) in [5.41, 5.74) is -0.548. The van der Waals surface area contributed by atoms with Crippen molar-refractivity contribution in [2.45, 2.75) is 32.8 Å². The molecule has 1 amide bonds. The molecule has 0 atom stereocenters. The SMILES string of the molecule is COCCS(=O)(=O)N1CCCN(C(=O)OC(C)(C)C)CC1. The maximum Gasteiger partial charge on any atom is 0.410 e. The molecular weight excluding hydrogens is 296 g/mol. The molecule has 1 saturated heterocycles. The number of amides is 1. The Morgan fingerprint density at radius 1 is 1.14 bits per heavy atom. The van der Waals surface area contributed by atoms with E-state index in [1.165, 1.54) is 11.4 Å². The molecule has 1 heterocycles. The molecule has 0 aliphatic carbocycles. The van der Waals surface area contributed by atoms with Crippen LogP contribution in [0.1, 0.15) is 27.2 Å². The summed E-state index contributed by atoms with van der Waals surface area (Å²) in [5.74, 6) is -0.0318. The number of nitrogens with zero attached hydrogens (tertiary/aromatic N) is 2. The standard InChI is InChI=1S/C13H26N2O5S/c1-13(2,3)20-12(16)14-6-5-7-15(9-8-14)21(17,18)11-10-19-4/h5-11H2,1-4H3. The summed E-state index contributed by atoms with van der Waals surface area (Å²) in [7, 11) is -1.85. The second kappa shape index (κ2) is 7.42. The molecule has 0 radical (unpaired) electrons. The van der Waals surface area contributed by atoms with Gasteiger partial charge in [0.1, 0.15) is 5.60 Å². The topological polar surface area (TPSA) is 76.2 Å². The van der Waals surface area contributed by atoms with Gasteiger partial charge in [-0.25, -0.2) is 17.5 Å². The number of carbonyl (C=O) groups is 1. The van der Waals surface area contributed by atoms with Gasteiger partial charge >= 0.3 is 6.09 Å². The fraction of sp³-hybridized carbons (Fsp3) is 0.923. The van der Waals surface area contributed by atoms with Gasteiger partial charge in [0.2, 0.25) is 10.0 Å². The Bertz CT molecular complexity index is 444. The van der Waals surface area contributed by atoms with Gasteiger partial charge in [-0.15, -0.1) is 0 Å². The lowest BCUT2D eigenvalue weighted by Crippen LogP contribution is -2.40. The lowest BCUT2D eigenvalue weighted by molar-refractivity contribution is 0.0260. The molecule has 0 aromatic rings. The van der Waals surface area contributed by atoms with Gasteiger partial charge in [-0.1, -0.05) is 0 Å². The van der Waals surface area contributed by atoms with E-state index < -0.39 is 21.7 Å². The molecule has 0 aromatic heterocycles. The van der Waals surface area contributed by atoms with Crippen LogP contribution in [0.15, 0.2) is 0 Å². The van der Waals surface area contributed by atoms with Gasteiger partial charge in [0.15, 0.2) is 0 Å². The Morgan fingerprint density at radius 3 is 2.38 bits per heavy atom. The van der Waals surface area contributed by atoms with Crippen molar-refractivity contribution in [3.05, 3.63) is 0 Å². The molecule has 1 fully saturated rings. The fourth-order valence-corrected chi connectivity index (χ4v) is 3.40. The van der Waals surface area contributed by atoms with Crippen LogP contribution in [-0.4, -0.2) is 75.0 Å². The zero-order valence-electron chi connectivity index (χ0n) is 13.3. The van der Waals surface area contributed by atoms with Crippen LogP contribution in [0.5, 0.6) is 0 Å². The van der Waals surface area contributed by atoms with E-state index in [9.17, 15) is 13.2 Å². The average Bonchev–Trinajstić information content (AvgIpc) is 2.60. The number of methoxy groups -OCH3 is 1. The molecule has 7 nitrogen and oxygen atoms in total. The normalized spacial score (nSPS) is 18.4. The first-order chi connectivity index (χ1) is 9.65. The molecule has 0 saturated carbocycles. The second-order valence-corrected chi connectivity index (χ2v) is 8.12. The summed E-state index contributed by atoms with van der Waals surface area (Å²) in [6.07, 6.45) is 0.212. The van der Waals surface area contributed by atoms with Gasteiger partial charge in [0.05, 0.1) is 12.4 Å². The van der Waals surface area contributed by atoms with Crippen molar-refractivity contribution in [1.82, 2.24) is 9.21 Å². The third-order valence-corrected chi connectivity index (χ3v) is 4.88. The smallest absolute Gasteiger partial charge is 0.410 e. The van der Waals surface area contributed by atoms with Crippen LogP contribution < -0.4 is 0 Å². The molecule has 8 heteroatoms. The summed E-state index contributed by atoms with van der Waals surface area (Å²) in [5, 5.41) is 0. The molecule has 124 valence electrons. The summed E-state index contributed by atoms with van der Waals surface area (Å²) >= 11 is 0. The summed E-state index contributed by atoms with van der Waals surface area (Å²) < 4.78 is 35.8. The van der Waals surface area contributed by atoms with E-state index >= 15 is 0 Å². The predicted molar refractivity (Wildman–Crippen MR) is 79.7 cm³/mol. The van der Waals surface area contributed by atoms with Crippen molar-refractivity contribution in [2.24, 2.45) is 0 Å². The zero-order chi connectivity index (χ0) is 16.1. The average molecular weight is 322 g/mol. The summed E-state index contributed by atoms with van der Waals surface area (Å²) in [4.78, 5) is 13.6. The monoisotopic (exact) mass is 322 g/mol. The fourth-order valence-electron chi connectivity index (χ4n) is 2.00. The van der Waals surface area contributed by atoms with E-state index in [-0.39, 0.29) is 12.4 Å².